The summed E-state index contributed by atoms with van der Waals surface area (Å²) in [5.74, 6) is 0.224. The zero-order valence-corrected chi connectivity index (χ0v) is 14.2. The van der Waals surface area contributed by atoms with E-state index in [0.29, 0.717) is 11.3 Å². The maximum atomic E-state index is 12.0. The van der Waals surface area contributed by atoms with Crippen molar-refractivity contribution in [2.24, 2.45) is 0 Å². The van der Waals surface area contributed by atoms with Gasteiger partial charge in [-0.2, -0.15) is 0 Å². The Morgan fingerprint density at radius 3 is 2.72 bits per heavy atom. The third-order valence-corrected chi connectivity index (χ3v) is 3.97. The molecule has 5 heteroatoms. The van der Waals surface area contributed by atoms with E-state index in [1.807, 2.05) is 44.2 Å². The zero-order valence-electron chi connectivity index (χ0n) is 14.2. The van der Waals surface area contributed by atoms with Crippen molar-refractivity contribution in [1.29, 1.82) is 0 Å². The van der Waals surface area contributed by atoms with E-state index in [1.54, 1.807) is 12.1 Å². The number of fused-ring (bicyclic) bond motifs is 1. The van der Waals surface area contributed by atoms with E-state index in [0.717, 1.165) is 28.6 Å². The van der Waals surface area contributed by atoms with Crippen LogP contribution in [0.1, 0.15) is 18.1 Å². The summed E-state index contributed by atoms with van der Waals surface area (Å²) in [4.78, 5) is 23.7. The molecule has 0 aliphatic carbocycles. The average molecular weight is 337 g/mol. The normalized spacial score (nSPS) is 10.6. The van der Waals surface area contributed by atoms with Crippen molar-refractivity contribution in [3.05, 3.63) is 70.1 Å². The smallest absolute Gasteiger partial charge is 0.336 e. The molecule has 0 unspecified atom stereocenters. The molecule has 5 nitrogen and oxygen atoms in total. The number of nitrogens with one attached hydrogen (secondary N) is 1. The van der Waals surface area contributed by atoms with Crippen molar-refractivity contribution in [3.63, 3.8) is 0 Å². The van der Waals surface area contributed by atoms with Crippen LogP contribution in [0, 0.1) is 6.92 Å². The van der Waals surface area contributed by atoms with Gasteiger partial charge < -0.3 is 14.5 Å². The van der Waals surface area contributed by atoms with Crippen molar-refractivity contribution >= 4 is 22.6 Å². The van der Waals surface area contributed by atoms with E-state index in [-0.39, 0.29) is 12.5 Å². The van der Waals surface area contributed by atoms with Crippen molar-refractivity contribution < 1.29 is 13.9 Å². The molecule has 3 aromatic rings. The van der Waals surface area contributed by atoms with Crippen LogP contribution >= 0.6 is 0 Å². The lowest BCUT2D eigenvalue weighted by molar-refractivity contribution is -0.118. The minimum atomic E-state index is -0.390. The molecule has 1 aromatic heterocycles. The highest BCUT2D eigenvalue weighted by Crippen LogP contribution is 2.23. The van der Waals surface area contributed by atoms with Crippen LogP contribution in [0.3, 0.4) is 0 Å². The first-order valence-corrected chi connectivity index (χ1v) is 8.12. The maximum Gasteiger partial charge on any atom is 0.336 e. The van der Waals surface area contributed by atoms with Gasteiger partial charge in [0.05, 0.1) is 0 Å². The van der Waals surface area contributed by atoms with Crippen molar-refractivity contribution in [2.45, 2.75) is 20.3 Å². The van der Waals surface area contributed by atoms with E-state index in [9.17, 15) is 9.59 Å². The predicted molar refractivity (Wildman–Crippen MR) is 97.2 cm³/mol. The summed E-state index contributed by atoms with van der Waals surface area (Å²) in [6, 6.07) is 14.3. The number of amides is 1. The maximum absolute atomic E-state index is 12.0. The molecule has 0 saturated carbocycles. The van der Waals surface area contributed by atoms with Gasteiger partial charge in [-0.15, -0.1) is 0 Å². The number of benzene rings is 2. The molecule has 0 bridgehead atoms. The lowest BCUT2D eigenvalue weighted by Crippen LogP contribution is -2.20. The molecule has 0 aliphatic rings. The first kappa shape index (κ1) is 16.8. The molecule has 0 saturated heterocycles. The van der Waals surface area contributed by atoms with Crippen LogP contribution in [-0.2, 0) is 11.2 Å². The molecule has 0 fully saturated rings. The quantitative estimate of drug-likeness (QED) is 0.721. The van der Waals surface area contributed by atoms with E-state index < -0.39 is 5.63 Å². The molecule has 128 valence electrons. The largest absolute Gasteiger partial charge is 0.484 e. The van der Waals surface area contributed by atoms with Crippen LogP contribution in [0.4, 0.5) is 5.69 Å². The molecule has 0 spiro atoms. The second-order valence-electron chi connectivity index (χ2n) is 5.75. The Balaban J connectivity index is 1.72. The van der Waals surface area contributed by atoms with Crippen LogP contribution in [0.25, 0.3) is 11.0 Å². The van der Waals surface area contributed by atoms with Gasteiger partial charge in [0.1, 0.15) is 11.3 Å². The average Bonchev–Trinajstić information content (AvgIpc) is 2.60. The highest BCUT2D eigenvalue weighted by Gasteiger charge is 2.08. The summed E-state index contributed by atoms with van der Waals surface area (Å²) in [5, 5.41) is 3.68. The second kappa shape index (κ2) is 7.21. The number of para-hydroxylation sites is 1. The molecular weight excluding hydrogens is 318 g/mol. The summed E-state index contributed by atoms with van der Waals surface area (Å²) >= 11 is 0. The van der Waals surface area contributed by atoms with E-state index in [4.69, 9.17) is 9.15 Å². The molecule has 0 radical (unpaired) electrons. The first-order valence-electron chi connectivity index (χ1n) is 8.12. The number of aryl methyl sites for hydroxylation is 2. The van der Waals surface area contributed by atoms with Gasteiger partial charge in [0, 0.05) is 23.2 Å². The molecule has 1 amide bonds. The predicted octanol–water partition coefficient (Wildman–Crippen LogP) is 3.68. The van der Waals surface area contributed by atoms with Crippen molar-refractivity contribution in [1.82, 2.24) is 0 Å². The highest BCUT2D eigenvalue weighted by atomic mass is 16.5. The number of anilines is 1. The molecule has 25 heavy (non-hydrogen) atoms. The van der Waals surface area contributed by atoms with E-state index in [2.05, 4.69) is 5.32 Å². The summed E-state index contributed by atoms with van der Waals surface area (Å²) in [5.41, 5.74) is 2.73. The van der Waals surface area contributed by atoms with Gasteiger partial charge in [-0.05, 0) is 42.7 Å². The first-order chi connectivity index (χ1) is 12.1. The van der Waals surface area contributed by atoms with Gasteiger partial charge in [0.2, 0.25) is 0 Å². The van der Waals surface area contributed by atoms with Gasteiger partial charge >= 0.3 is 5.63 Å². The summed E-state index contributed by atoms with van der Waals surface area (Å²) in [7, 11) is 0. The Morgan fingerprint density at radius 1 is 1.16 bits per heavy atom. The van der Waals surface area contributed by atoms with Gasteiger partial charge in [0.15, 0.2) is 6.61 Å². The lowest BCUT2D eigenvalue weighted by Gasteiger charge is -2.10. The minimum Gasteiger partial charge on any atom is -0.484 e. The molecule has 1 heterocycles. The van der Waals surface area contributed by atoms with Crippen LogP contribution in [0.15, 0.2) is 57.7 Å². The molecule has 2 aromatic carbocycles. The number of rotatable bonds is 5. The Labute approximate surface area is 145 Å². The van der Waals surface area contributed by atoms with E-state index in [1.165, 1.54) is 6.07 Å². The van der Waals surface area contributed by atoms with Crippen molar-refractivity contribution in [2.75, 3.05) is 11.9 Å². The van der Waals surface area contributed by atoms with Crippen molar-refractivity contribution in [3.8, 4) is 5.75 Å². The third-order valence-electron chi connectivity index (χ3n) is 3.97. The fourth-order valence-corrected chi connectivity index (χ4v) is 2.64. The molecular formula is C20H19NO4. The van der Waals surface area contributed by atoms with E-state index >= 15 is 0 Å². The van der Waals surface area contributed by atoms with Crippen LogP contribution in [0.5, 0.6) is 5.75 Å². The third kappa shape index (κ3) is 3.88. The zero-order chi connectivity index (χ0) is 17.8. The van der Waals surface area contributed by atoms with Gasteiger partial charge in [-0.3, -0.25) is 4.79 Å². The number of carbonyl (C=O) groups excluding carboxylic acids is 1. The second-order valence-corrected chi connectivity index (χ2v) is 5.75. The number of ether oxygens (including phenoxy) is 1. The number of hydrogen-bond acceptors (Lipinski definition) is 4. The SMILES string of the molecule is CCc1cc(=O)oc2cc(OCC(=O)Nc3ccccc3C)ccc12. The van der Waals surface area contributed by atoms with Crippen LogP contribution in [0.2, 0.25) is 0 Å². The van der Waals surface area contributed by atoms with Gasteiger partial charge in [-0.25, -0.2) is 4.79 Å². The molecule has 3 rings (SSSR count). The molecule has 1 N–H and O–H groups in total. The fourth-order valence-electron chi connectivity index (χ4n) is 2.64. The van der Waals surface area contributed by atoms with Crippen LogP contribution < -0.4 is 15.7 Å². The summed E-state index contributed by atoms with van der Waals surface area (Å²) in [6.07, 6.45) is 0.737. The summed E-state index contributed by atoms with van der Waals surface area (Å²) < 4.78 is 10.8. The summed E-state index contributed by atoms with van der Waals surface area (Å²) in [6.45, 7) is 3.78. The fraction of sp³-hybridized carbons (Fsp3) is 0.200. The Bertz CT molecular complexity index is 975. The minimum absolute atomic E-state index is 0.127. The van der Waals surface area contributed by atoms with Gasteiger partial charge in [0.25, 0.3) is 5.91 Å². The Kier molecular flexibility index (Phi) is 4.84. The lowest BCUT2D eigenvalue weighted by atomic mass is 10.1. The Hall–Kier alpha value is -3.08. The topological polar surface area (TPSA) is 68.5 Å². The monoisotopic (exact) mass is 337 g/mol. The molecule has 0 atom stereocenters. The highest BCUT2D eigenvalue weighted by molar-refractivity contribution is 5.92. The molecule has 0 aliphatic heterocycles. The number of carbonyl (C=O) groups is 1. The van der Waals surface area contributed by atoms with Gasteiger partial charge in [-0.1, -0.05) is 25.1 Å². The number of hydrogen-bond donors (Lipinski definition) is 1. The standard InChI is InChI=1S/C20H19NO4/c1-3-14-10-20(23)25-18-11-15(8-9-16(14)18)24-12-19(22)21-17-7-5-4-6-13(17)2/h4-11H,3,12H2,1-2H3,(H,21,22). The Morgan fingerprint density at radius 2 is 1.96 bits per heavy atom. The van der Waals surface area contributed by atoms with Crippen LogP contribution in [-0.4, -0.2) is 12.5 Å².